The van der Waals surface area contributed by atoms with E-state index >= 15 is 0 Å². The highest BCUT2D eigenvalue weighted by molar-refractivity contribution is 6.32. The fourth-order valence-corrected chi connectivity index (χ4v) is 3.21. The fraction of sp³-hybridized carbons (Fsp3) is 0.304. The van der Waals surface area contributed by atoms with Crippen LogP contribution < -0.4 is 5.32 Å². The van der Waals surface area contributed by atoms with E-state index < -0.39 is 0 Å². The van der Waals surface area contributed by atoms with Crippen LogP contribution in [0, 0.1) is 0 Å². The van der Waals surface area contributed by atoms with Gasteiger partial charge >= 0.3 is 0 Å². The van der Waals surface area contributed by atoms with Crippen LogP contribution in [0.4, 0.5) is 0 Å². The van der Waals surface area contributed by atoms with Crippen molar-refractivity contribution >= 4 is 17.5 Å². The van der Waals surface area contributed by atoms with Crippen molar-refractivity contribution in [1.29, 1.82) is 0 Å². The monoisotopic (exact) mass is 411 g/mol. The Morgan fingerprint density at radius 3 is 2.48 bits per heavy atom. The minimum Gasteiger partial charge on any atom is -0.506 e. The number of hydrogen-bond acceptors (Lipinski definition) is 3. The van der Waals surface area contributed by atoms with Crippen molar-refractivity contribution in [3.05, 3.63) is 70.6 Å². The predicted molar refractivity (Wildman–Crippen MR) is 116 cm³/mol. The van der Waals surface area contributed by atoms with Crippen molar-refractivity contribution in [1.82, 2.24) is 15.3 Å². The first-order valence-electron chi connectivity index (χ1n) is 9.57. The van der Waals surface area contributed by atoms with Crippen molar-refractivity contribution in [2.75, 3.05) is 0 Å². The Hall–Kier alpha value is -2.79. The van der Waals surface area contributed by atoms with Crippen molar-refractivity contribution < 1.29 is 9.90 Å². The van der Waals surface area contributed by atoms with Crippen LogP contribution in [0.1, 0.15) is 49.4 Å². The Kier molecular flexibility index (Phi) is 5.99. The molecule has 0 saturated carbocycles. The molecule has 152 valence electrons. The number of imidazole rings is 1. The van der Waals surface area contributed by atoms with Crippen LogP contribution >= 0.6 is 11.6 Å². The first-order valence-corrected chi connectivity index (χ1v) is 9.95. The van der Waals surface area contributed by atoms with E-state index in [1.54, 1.807) is 6.07 Å². The molecular weight excluding hydrogens is 386 g/mol. The number of aromatic hydroxyl groups is 1. The zero-order chi connectivity index (χ0) is 21.2. The molecule has 3 rings (SSSR count). The van der Waals surface area contributed by atoms with E-state index in [1.807, 2.05) is 13.1 Å². The summed E-state index contributed by atoms with van der Waals surface area (Å²) in [5, 5.41) is 12.6. The number of halogens is 1. The number of aromatic amines is 1. The van der Waals surface area contributed by atoms with Crippen molar-refractivity contribution in [3.8, 4) is 17.0 Å². The third-order valence-corrected chi connectivity index (χ3v) is 4.98. The van der Waals surface area contributed by atoms with Gasteiger partial charge in [-0.3, -0.25) is 4.79 Å². The van der Waals surface area contributed by atoms with E-state index in [1.165, 1.54) is 12.1 Å². The van der Waals surface area contributed by atoms with Crippen molar-refractivity contribution in [3.63, 3.8) is 0 Å². The summed E-state index contributed by atoms with van der Waals surface area (Å²) < 4.78 is 0. The highest BCUT2D eigenvalue weighted by Crippen LogP contribution is 2.25. The van der Waals surface area contributed by atoms with Crippen LogP contribution in [0.25, 0.3) is 11.3 Å². The topological polar surface area (TPSA) is 78.0 Å². The predicted octanol–water partition coefficient (Wildman–Crippen LogP) is 5.09. The molecule has 2 aromatic carbocycles. The molecule has 0 radical (unpaired) electrons. The molecule has 0 aliphatic rings. The normalized spacial score (nSPS) is 12.6. The van der Waals surface area contributed by atoms with Gasteiger partial charge in [0.25, 0.3) is 5.91 Å². The molecule has 0 bridgehead atoms. The van der Waals surface area contributed by atoms with Gasteiger partial charge in [0.15, 0.2) is 0 Å². The van der Waals surface area contributed by atoms with Crippen molar-refractivity contribution in [2.45, 2.75) is 45.6 Å². The number of phenols is 1. The molecule has 0 unspecified atom stereocenters. The van der Waals surface area contributed by atoms with Gasteiger partial charge in [0.2, 0.25) is 0 Å². The highest BCUT2D eigenvalue weighted by Gasteiger charge is 2.18. The molecule has 5 nitrogen and oxygen atoms in total. The number of carbonyl (C=O) groups is 1. The summed E-state index contributed by atoms with van der Waals surface area (Å²) in [6.45, 7) is 8.33. The summed E-state index contributed by atoms with van der Waals surface area (Å²) >= 11 is 5.88. The number of carbonyl (C=O) groups excluding carboxylic acids is 1. The number of amides is 1. The number of rotatable bonds is 5. The molecule has 0 saturated heterocycles. The van der Waals surface area contributed by atoms with Gasteiger partial charge in [-0.15, -0.1) is 0 Å². The van der Waals surface area contributed by atoms with Gasteiger partial charge in [0.1, 0.15) is 11.6 Å². The molecule has 29 heavy (non-hydrogen) atoms. The molecule has 1 aromatic heterocycles. The first-order chi connectivity index (χ1) is 13.6. The summed E-state index contributed by atoms with van der Waals surface area (Å²) in [6.07, 6.45) is 2.56. The third kappa shape index (κ3) is 5.18. The van der Waals surface area contributed by atoms with Crippen LogP contribution in [0.15, 0.2) is 48.7 Å². The average molecular weight is 412 g/mol. The van der Waals surface area contributed by atoms with E-state index in [-0.39, 0.29) is 28.1 Å². The standard InChI is InChI=1S/C23H26ClN3O2/c1-14(26-21(29)17-9-10-20(28)18(24)12-17)11-15-5-7-16(8-6-15)19-13-25-22(27-19)23(2,3)4/h5-10,12-14,28H,11H2,1-4H3,(H,25,27)(H,26,29)/t14-/m1/s1. The summed E-state index contributed by atoms with van der Waals surface area (Å²) in [6, 6.07) is 12.6. The maximum Gasteiger partial charge on any atom is 0.251 e. The Labute approximate surface area is 176 Å². The molecule has 0 spiro atoms. The third-order valence-electron chi connectivity index (χ3n) is 4.68. The SMILES string of the molecule is C[C@H](Cc1ccc(-c2cnc(C(C)(C)C)[nH]2)cc1)NC(=O)c1ccc(O)c(Cl)c1. The van der Waals surface area contributed by atoms with Crippen LogP contribution in [0.5, 0.6) is 5.75 Å². The second-order valence-electron chi connectivity index (χ2n) is 8.34. The van der Waals surface area contributed by atoms with E-state index in [9.17, 15) is 9.90 Å². The number of H-pyrrole nitrogens is 1. The fourth-order valence-electron chi connectivity index (χ4n) is 3.03. The number of phenolic OH excluding ortho intramolecular Hbond substituents is 1. The molecule has 3 N–H and O–H groups in total. The number of nitrogens with one attached hydrogen (secondary N) is 2. The van der Waals surface area contributed by atoms with E-state index in [4.69, 9.17) is 11.6 Å². The van der Waals surface area contributed by atoms with E-state index in [0.717, 1.165) is 22.6 Å². The molecule has 1 amide bonds. The maximum atomic E-state index is 12.4. The molecular formula is C23H26ClN3O2. The van der Waals surface area contributed by atoms with Gasteiger partial charge in [0.05, 0.1) is 16.9 Å². The maximum absolute atomic E-state index is 12.4. The molecule has 6 heteroatoms. The van der Waals surface area contributed by atoms with Crippen LogP contribution in [-0.2, 0) is 11.8 Å². The quantitative estimate of drug-likeness (QED) is 0.546. The number of hydrogen-bond donors (Lipinski definition) is 3. The zero-order valence-electron chi connectivity index (χ0n) is 17.1. The molecule has 1 heterocycles. The van der Waals surface area contributed by atoms with E-state index in [0.29, 0.717) is 12.0 Å². The van der Waals surface area contributed by atoms with Gasteiger partial charge in [0, 0.05) is 17.0 Å². The Bertz CT molecular complexity index is 1000. The Morgan fingerprint density at radius 2 is 1.90 bits per heavy atom. The molecule has 0 aliphatic heterocycles. The van der Waals surface area contributed by atoms with Gasteiger partial charge in [-0.1, -0.05) is 56.6 Å². The molecule has 0 fully saturated rings. The minimum absolute atomic E-state index is 0.0203. The summed E-state index contributed by atoms with van der Waals surface area (Å²) in [4.78, 5) is 20.2. The van der Waals surface area contributed by atoms with Crippen LogP contribution in [0.2, 0.25) is 5.02 Å². The lowest BCUT2D eigenvalue weighted by Gasteiger charge is -2.15. The molecule has 0 aliphatic carbocycles. The van der Waals surface area contributed by atoms with Crippen LogP contribution in [-0.4, -0.2) is 27.0 Å². The van der Waals surface area contributed by atoms with Gasteiger partial charge in [-0.2, -0.15) is 0 Å². The lowest BCUT2D eigenvalue weighted by atomic mass is 9.96. The number of nitrogens with zero attached hydrogens (tertiary/aromatic N) is 1. The average Bonchev–Trinajstić information content (AvgIpc) is 3.15. The molecule has 3 aromatic rings. The van der Waals surface area contributed by atoms with Gasteiger partial charge in [-0.05, 0) is 42.7 Å². The number of aromatic nitrogens is 2. The van der Waals surface area contributed by atoms with Crippen LogP contribution in [0.3, 0.4) is 0 Å². The van der Waals surface area contributed by atoms with Gasteiger partial charge in [-0.25, -0.2) is 4.98 Å². The minimum atomic E-state index is -0.219. The first kappa shape index (κ1) is 20.9. The van der Waals surface area contributed by atoms with E-state index in [2.05, 4.69) is 60.3 Å². The summed E-state index contributed by atoms with van der Waals surface area (Å²) in [5.74, 6) is 0.702. The zero-order valence-corrected chi connectivity index (χ0v) is 17.8. The highest BCUT2D eigenvalue weighted by atomic mass is 35.5. The summed E-state index contributed by atoms with van der Waals surface area (Å²) in [7, 11) is 0. The lowest BCUT2D eigenvalue weighted by Crippen LogP contribution is -2.34. The van der Waals surface area contributed by atoms with Gasteiger partial charge < -0.3 is 15.4 Å². The number of benzene rings is 2. The smallest absolute Gasteiger partial charge is 0.251 e. The largest absolute Gasteiger partial charge is 0.506 e. The summed E-state index contributed by atoms with van der Waals surface area (Å²) in [5.41, 5.74) is 3.59. The van der Waals surface area contributed by atoms with Crippen molar-refractivity contribution in [2.24, 2.45) is 0 Å². The lowest BCUT2D eigenvalue weighted by molar-refractivity contribution is 0.0940. The second kappa shape index (κ2) is 8.29. The molecule has 1 atom stereocenters. The Morgan fingerprint density at radius 1 is 1.21 bits per heavy atom. The Balaban J connectivity index is 1.62. The second-order valence-corrected chi connectivity index (χ2v) is 8.74.